The van der Waals surface area contributed by atoms with Crippen molar-refractivity contribution < 1.29 is 14.3 Å². The highest BCUT2D eigenvalue weighted by Crippen LogP contribution is 2.34. The Morgan fingerprint density at radius 2 is 1.72 bits per heavy atom. The third kappa shape index (κ3) is 3.50. The number of nitrogens with one attached hydrogen (secondary N) is 2. The van der Waals surface area contributed by atoms with Gasteiger partial charge >= 0.3 is 12.0 Å². The molecule has 2 aromatic carbocycles. The minimum Gasteiger partial charge on any atom is -0.466 e. The number of nitrogens with zero attached hydrogens (tertiary/aromatic N) is 2. The van der Waals surface area contributed by atoms with E-state index in [1.165, 1.54) is 7.11 Å². The van der Waals surface area contributed by atoms with Gasteiger partial charge in [0.1, 0.15) is 0 Å². The number of aromatic nitrogens is 2. The maximum atomic E-state index is 12.5. The lowest BCUT2D eigenvalue weighted by atomic mass is 9.94. The average molecular weight is 388 g/mol. The van der Waals surface area contributed by atoms with Gasteiger partial charge in [-0.2, -0.15) is 5.10 Å². The normalized spacial score (nSPS) is 16.2. The van der Waals surface area contributed by atoms with Crippen molar-refractivity contribution in [1.82, 2.24) is 20.4 Å². The van der Waals surface area contributed by atoms with E-state index in [9.17, 15) is 9.59 Å². The molecule has 7 nitrogen and oxygen atoms in total. The second-order valence-electron chi connectivity index (χ2n) is 6.64. The molecular formula is C22H20N4O3. The van der Waals surface area contributed by atoms with Gasteiger partial charge in [-0.3, -0.25) is 0 Å². The van der Waals surface area contributed by atoms with Crippen molar-refractivity contribution in [3.8, 4) is 16.9 Å². The van der Waals surface area contributed by atoms with E-state index in [0.717, 1.165) is 11.3 Å². The van der Waals surface area contributed by atoms with E-state index in [2.05, 4.69) is 10.6 Å². The molecule has 2 amide bonds. The van der Waals surface area contributed by atoms with E-state index < -0.39 is 12.0 Å². The van der Waals surface area contributed by atoms with Crippen molar-refractivity contribution >= 4 is 12.0 Å². The van der Waals surface area contributed by atoms with Crippen LogP contribution >= 0.6 is 0 Å². The molecule has 7 heteroatoms. The third-order valence-electron chi connectivity index (χ3n) is 4.80. The number of hydrogen-bond donors (Lipinski definition) is 2. The van der Waals surface area contributed by atoms with Gasteiger partial charge in [-0.05, 0) is 19.1 Å². The molecule has 0 spiro atoms. The Hall–Kier alpha value is -3.87. The Bertz CT molecular complexity index is 1090. The fourth-order valence-electron chi connectivity index (χ4n) is 3.44. The molecule has 3 aromatic rings. The van der Waals surface area contributed by atoms with E-state index in [4.69, 9.17) is 9.84 Å². The second kappa shape index (κ2) is 7.63. The summed E-state index contributed by atoms with van der Waals surface area (Å²) in [6.45, 7) is 1.68. The zero-order chi connectivity index (χ0) is 20.4. The van der Waals surface area contributed by atoms with Gasteiger partial charge in [0.25, 0.3) is 0 Å². The van der Waals surface area contributed by atoms with E-state index >= 15 is 0 Å². The van der Waals surface area contributed by atoms with Crippen LogP contribution in [0.4, 0.5) is 4.79 Å². The molecule has 0 radical (unpaired) electrons. The third-order valence-corrected chi connectivity index (χ3v) is 4.80. The number of ether oxygens (including phenoxy) is 1. The average Bonchev–Trinajstić information content (AvgIpc) is 3.19. The van der Waals surface area contributed by atoms with Crippen molar-refractivity contribution in [1.29, 1.82) is 0 Å². The van der Waals surface area contributed by atoms with Crippen LogP contribution in [0.2, 0.25) is 0 Å². The quantitative estimate of drug-likeness (QED) is 0.672. The van der Waals surface area contributed by atoms with E-state index in [1.807, 2.05) is 66.9 Å². The molecular weight excluding hydrogens is 368 g/mol. The predicted octanol–water partition coefficient (Wildman–Crippen LogP) is 3.34. The van der Waals surface area contributed by atoms with Crippen molar-refractivity contribution in [2.24, 2.45) is 0 Å². The summed E-state index contributed by atoms with van der Waals surface area (Å²) >= 11 is 0. The van der Waals surface area contributed by atoms with Crippen molar-refractivity contribution in [2.75, 3.05) is 7.11 Å². The molecule has 0 fully saturated rings. The number of carbonyl (C=O) groups excluding carboxylic acids is 2. The maximum Gasteiger partial charge on any atom is 0.337 e. The van der Waals surface area contributed by atoms with Crippen molar-refractivity contribution in [3.63, 3.8) is 0 Å². The summed E-state index contributed by atoms with van der Waals surface area (Å²) in [5.41, 5.74) is 3.93. The van der Waals surface area contributed by atoms with Crippen LogP contribution in [0.3, 0.4) is 0 Å². The van der Waals surface area contributed by atoms with Gasteiger partial charge in [0.15, 0.2) is 0 Å². The smallest absolute Gasteiger partial charge is 0.337 e. The Labute approximate surface area is 168 Å². The summed E-state index contributed by atoms with van der Waals surface area (Å²) in [6.07, 6.45) is 1.84. The van der Waals surface area contributed by atoms with E-state index in [-0.39, 0.29) is 6.03 Å². The lowest BCUT2D eigenvalue weighted by molar-refractivity contribution is -0.136. The standard InChI is InChI=1S/C22H20N4O3/c1-14-18(21(27)29-2)20(24-22(28)23-14)17-13-26(16-11-7-4-8-12-16)25-19(17)15-9-5-3-6-10-15/h3-13,20H,1-2H3,(H2,23,24,28)/t20-/m1/s1. The largest absolute Gasteiger partial charge is 0.466 e. The van der Waals surface area contributed by atoms with E-state index in [0.29, 0.717) is 22.5 Å². The molecule has 0 unspecified atom stereocenters. The molecule has 0 saturated carbocycles. The number of allylic oxidation sites excluding steroid dienone is 1. The highest BCUT2D eigenvalue weighted by atomic mass is 16.5. The molecule has 146 valence electrons. The Kier molecular flexibility index (Phi) is 4.87. The topological polar surface area (TPSA) is 85.2 Å². The van der Waals surface area contributed by atoms with Gasteiger partial charge < -0.3 is 15.4 Å². The fraction of sp³-hybridized carbons (Fsp3) is 0.136. The first kappa shape index (κ1) is 18.5. The molecule has 1 aliphatic rings. The summed E-state index contributed by atoms with van der Waals surface area (Å²) in [6, 6.07) is 18.2. The number of amides is 2. The molecule has 2 N–H and O–H groups in total. The maximum absolute atomic E-state index is 12.5. The van der Waals surface area contributed by atoms with Gasteiger partial charge in [0.2, 0.25) is 0 Å². The SMILES string of the molecule is COC(=O)C1=C(C)NC(=O)N[C@@H]1c1cn(-c2ccccc2)nc1-c1ccccc1. The zero-order valence-electron chi connectivity index (χ0n) is 16.0. The Morgan fingerprint density at radius 3 is 2.38 bits per heavy atom. The monoisotopic (exact) mass is 388 g/mol. The fourth-order valence-corrected chi connectivity index (χ4v) is 3.44. The molecule has 4 rings (SSSR count). The summed E-state index contributed by atoms with van der Waals surface area (Å²) < 4.78 is 6.71. The summed E-state index contributed by atoms with van der Waals surface area (Å²) in [4.78, 5) is 24.7. The number of rotatable bonds is 4. The zero-order valence-corrected chi connectivity index (χ0v) is 16.0. The van der Waals surface area contributed by atoms with Crippen LogP contribution in [0.5, 0.6) is 0 Å². The molecule has 0 aliphatic carbocycles. The number of benzene rings is 2. The van der Waals surface area contributed by atoms with E-state index in [1.54, 1.807) is 11.6 Å². The van der Waals surface area contributed by atoms with Crippen LogP contribution < -0.4 is 10.6 Å². The summed E-state index contributed by atoms with van der Waals surface area (Å²) in [5.74, 6) is -0.508. The lowest BCUT2D eigenvalue weighted by Gasteiger charge is -2.27. The van der Waals surface area contributed by atoms with Gasteiger partial charge in [-0.15, -0.1) is 0 Å². The van der Waals surface area contributed by atoms with Crippen LogP contribution in [0.25, 0.3) is 16.9 Å². The molecule has 0 bridgehead atoms. The molecule has 0 saturated heterocycles. The van der Waals surface area contributed by atoms with Gasteiger partial charge in [0, 0.05) is 23.0 Å². The number of urea groups is 1. The van der Waals surface area contributed by atoms with Crippen molar-refractivity contribution in [2.45, 2.75) is 13.0 Å². The Morgan fingerprint density at radius 1 is 1.07 bits per heavy atom. The number of esters is 1. The summed E-state index contributed by atoms with van der Waals surface area (Å²) in [5, 5.41) is 10.3. The molecule has 1 atom stereocenters. The van der Waals surface area contributed by atoms with Crippen LogP contribution in [-0.2, 0) is 9.53 Å². The highest BCUT2D eigenvalue weighted by Gasteiger charge is 2.34. The number of methoxy groups -OCH3 is 1. The second-order valence-corrected chi connectivity index (χ2v) is 6.64. The molecule has 2 heterocycles. The number of carbonyl (C=O) groups is 2. The lowest BCUT2D eigenvalue weighted by Crippen LogP contribution is -2.45. The summed E-state index contributed by atoms with van der Waals surface area (Å²) in [7, 11) is 1.32. The molecule has 1 aromatic heterocycles. The first-order valence-electron chi connectivity index (χ1n) is 9.15. The molecule has 29 heavy (non-hydrogen) atoms. The van der Waals surface area contributed by atoms with Crippen molar-refractivity contribution in [3.05, 3.63) is 83.7 Å². The number of para-hydroxylation sites is 1. The van der Waals surface area contributed by atoms with Gasteiger partial charge in [-0.1, -0.05) is 48.5 Å². The van der Waals surface area contributed by atoms with Gasteiger partial charge in [-0.25, -0.2) is 14.3 Å². The van der Waals surface area contributed by atoms with Crippen LogP contribution in [-0.4, -0.2) is 28.9 Å². The first-order valence-corrected chi connectivity index (χ1v) is 9.15. The minimum atomic E-state index is -0.691. The molecule has 1 aliphatic heterocycles. The number of hydrogen-bond acceptors (Lipinski definition) is 4. The van der Waals surface area contributed by atoms with Gasteiger partial charge in [0.05, 0.1) is 30.1 Å². The first-order chi connectivity index (χ1) is 14.1. The van der Waals surface area contributed by atoms with Crippen LogP contribution in [0, 0.1) is 0 Å². The highest BCUT2D eigenvalue weighted by molar-refractivity contribution is 5.95. The van der Waals surface area contributed by atoms with Crippen LogP contribution in [0.1, 0.15) is 18.5 Å². The predicted molar refractivity (Wildman–Crippen MR) is 108 cm³/mol. The Balaban J connectivity index is 1.92. The minimum absolute atomic E-state index is 0.344. The van der Waals surface area contributed by atoms with Crippen LogP contribution in [0.15, 0.2) is 78.1 Å².